The summed E-state index contributed by atoms with van der Waals surface area (Å²) >= 11 is 3.25. The maximum atomic E-state index is 12.6. The number of hydrogen-bond acceptors (Lipinski definition) is 4. The molecule has 0 aliphatic rings. The lowest BCUT2D eigenvalue weighted by Crippen LogP contribution is -2.11. The summed E-state index contributed by atoms with van der Waals surface area (Å²) in [5.74, 6) is 0. The Morgan fingerprint density at radius 1 is 1.05 bits per heavy atom. The van der Waals surface area contributed by atoms with Gasteiger partial charge in [-0.25, -0.2) is 0 Å². The first-order valence-electron chi connectivity index (χ1n) is 6.52. The van der Waals surface area contributed by atoms with Crippen LogP contribution >= 0.6 is 23.5 Å². The zero-order chi connectivity index (χ0) is 14.6. The van der Waals surface area contributed by atoms with E-state index in [9.17, 15) is 4.79 Å². The molecule has 0 bridgehead atoms. The maximum absolute atomic E-state index is 12.6. The lowest BCUT2D eigenvalue weighted by atomic mass is 10.2. The molecule has 0 saturated heterocycles. The second-order valence-electron chi connectivity index (χ2n) is 4.83. The zero-order valence-corrected chi connectivity index (χ0v) is 13.2. The number of thioether (sulfide) groups is 2. The molecule has 104 valence electrons. The number of pyridine rings is 2. The fourth-order valence-electron chi connectivity index (χ4n) is 2.88. The number of rotatable bonds is 2. The van der Waals surface area contributed by atoms with Gasteiger partial charge < -0.3 is 0 Å². The van der Waals surface area contributed by atoms with E-state index in [2.05, 4.69) is 23.2 Å². The summed E-state index contributed by atoms with van der Waals surface area (Å²) in [5.41, 5.74) is 2.81. The van der Waals surface area contributed by atoms with Gasteiger partial charge in [0.05, 0.1) is 11.0 Å². The summed E-state index contributed by atoms with van der Waals surface area (Å²) in [5, 5.41) is 2.20. The Kier molecular flexibility index (Phi) is 2.87. The minimum atomic E-state index is 0.0121. The molecule has 0 aliphatic carbocycles. The predicted octanol–water partition coefficient (Wildman–Crippen LogP) is 3.88. The third-order valence-electron chi connectivity index (χ3n) is 3.81. The summed E-state index contributed by atoms with van der Waals surface area (Å²) in [6.07, 6.45) is 5.84. The minimum Gasteiger partial charge on any atom is -0.274 e. The Labute approximate surface area is 129 Å². The molecule has 3 heterocycles. The van der Waals surface area contributed by atoms with Crippen molar-refractivity contribution in [2.75, 3.05) is 12.5 Å². The van der Waals surface area contributed by atoms with Crippen LogP contribution in [0.3, 0.4) is 0 Å². The Hall–Kier alpha value is -1.72. The summed E-state index contributed by atoms with van der Waals surface area (Å²) in [6, 6.07) is 9.96. The lowest BCUT2D eigenvalue weighted by molar-refractivity contribution is 1.14. The normalized spacial score (nSPS) is 11.9. The van der Waals surface area contributed by atoms with Gasteiger partial charge in [-0.2, -0.15) is 0 Å². The highest BCUT2D eigenvalue weighted by Crippen LogP contribution is 2.34. The molecule has 0 radical (unpaired) electrons. The third-order valence-corrected chi connectivity index (χ3v) is 5.29. The van der Waals surface area contributed by atoms with Gasteiger partial charge in [0, 0.05) is 32.8 Å². The quantitative estimate of drug-likeness (QED) is 0.526. The summed E-state index contributed by atoms with van der Waals surface area (Å²) < 4.78 is 1.80. The van der Waals surface area contributed by atoms with Gasteiger partial charge in [-0.05, 0) is 30.7 Å². The zero-order valence-electron chi connectivity index (χ0n) is 11.6. The minimum absolute atomic E-state index is 0.0121. The van der Waals surface area contributed by atoms with Crippen LogP contribution in [0.1, 0.15) is 0 Å². The molecule has 3 aromatic heterocycles. The molecule has 4 aromatic rings. The molecular formula is C16H12N2OS2. The van der Waals surface area contributed by atoms with Crippen molar-refractivity contribution in [3.05, 3.63) is 46.9 Å². The highest BCUT2D eigenvalue weighted by molar-refractivity contribution is 7.99. The van der Waals surface area contributed by atoms with Crippen LogP contribution in [-0.4, -0.2) is 21.9 Å². The number of fused-ring (bicyclic) bond motifs is 3. The van der Waals surface area contributed by atoms with Gasteiger partial charge in [0.1, 0.15) is 5.52 Å². The van der Waals surface area contributed by atoms with Crippen LogP contribution in [0.15, 0.2) is 51.1 Å². The van der Waals surface area contributed by atoms with Gasteiger partial charge in [0.2, 0.25) is 0 Å². The van der Waals surface area contributed by atoms with E-state index >= 15 is 0 Å². The van der Waals surface area contributed by atoms with Crippen LogP contribution in [0, 0.1) is 0 Å². The van der Waals surface area contributed by atoms with E-state index in [-0.39, 0.29) is 5.56 Å². The van der Waals surface area contributed by atoms with Crippen molar-refractivity contribution in [3.8, 4) is 0 Å². The molecule has 4 rings (SSSR count). The molecule has 5 heteroatoms. The van der Waals surface area contributed by atoms with Gasteiger partial charge in [-0.15, -0.1) is 23.5 Å². The maximum Gasteiger partial charge on any atom is 0.256 e. The summed E-state index contributed by atoms with van der Waals surface area (Å²) in [6.45, 7) is 0. The van der Waals surface area contributed by atoms with E-state index in [1.54, 1.807) is 34.0 Å². The standard InChI is InChI=1S/C16H12N2OS2/c1-20-9-3-4-10-11-5-6-17-15-13(21-2)8-14(19)18(16(11)15)12(10)7-9/h3-8H,1-2H3. The van der Waals surface area contributed by atoms with Crippen molar-refractivity contribution < 1.29 is 0 Å². The molecule has 21 heavy (non-hydrogen) atoms. The van der Waals surface area contributed by atoms with Gasteiger partial charge in [0.25, 0.3) is 5.56 Å². The molecular weight excluding hydrogens is 300 g/mol. The Balaban J connectivity index is 2.36. The Morgan fingerprint density at radius 3 is 2.67 bits per heavy atom. The first kappa shape index (κ1) is 13.0. The van der Waals surface area contributed by atoms with Crippen molar-refractivity contribution in [2.45, 2.75) is 9.79 Å². The largest absolute Gasteiger partial charge is 0.274 e. The molecule has 0 N–H and O–H groups in total. The highest BCUT2D eigenvalue weighted by atomic mass is 32.2. The second-order valence-corrected chi connectivity index (χ2v) is 6.55. The van der Waals surface area contributed by atoms with Crippen molar-refractivity contribution in [2.24, 2.45) is 0 Å². The third kappa shape index (κ3) is 1.71. The first-order chi connectivity index (χ1) is 10.2. The molecule has 0 amide bonds. The van der Waals surface area contributed by atoms with Crippen LogP contribution in [0.5, 0.6) is 0 Å². The van der Waals surface area contributed by atoms with Crippen LogP contribution in [-0.2, 0) is 0 Å². The van der Waals surface area contributed by atoms with Gasteiger partial charge in [-0.1, -0.05) is 6.07 Å². The van der Waals surface area contributed by atoms with Gasteiger partial charge in [-0.3, -0.25) is 14.2 Å². The molecule has 1 aromatic carbocycles. The molecule has 0 atom stereocenters. The number of benzene rings is 1. The lowest BCUT2D eigenvalue weighted by Gasteiger charge is -2.04. The van der Waals surface area contributed by atoms with Crippen molar-refractivity contribution in [1.82, 2.24) is 9.38 Å². The Bertz CT molecular complexity index is 1040. The predicted molar refractivity (Wildman–Crippen MR) is 91.2 cm³/mol. The monoisotopic (exact) mass is 312 g/mol. The van der Waals surface area contributed by atoms with Crippen LogP contribution in [0.25, 0.3) is 27.3 Å². The van der Waals surface area contributed by atoms with E-state index in [4.69, 9.17) is 0 Å². The van der Waals surface area contributed by atoms with Gasteiger partial charge >= 0.3 is 0 Å². The van der Waals surface area contributed by atoms with Crippen molar-refractivity contribution in [3.63, 3.8) is 0 Å². The molecule has 0 saturated carbocycles. The van der Waals surface area contributed by atoms with Crippen LogP contribution < -0.4 is 5.56 Å². The Morgan fingerprint density at radius 2 is 1.90 bits per heavy atom. The molecule has 0 fully saturated rings. The summed E-state index contributed by atoms with van der Waals surface area (Å²) in [4.78, 5) is 19.1. The van der Waals surface area contributed by atoms with Gasteiger partial charge in [0.15, 0.2) is 0 Å². The van der Waals surface area contributed by atoms with E-state index < -0.39 is 0 Å². The molecule has 0 aliphatic heterocycles. The van der Waals surface area contributed by atoms with E-state index in [0.717, 1.165) is 37.1 Å². The van der Waals surface area contributed by atoms with E-state index in [1.807, 2.05) is 24.8 Å². The fraction of sp³-hybridized carbons (Fsp3) is 0.125. The molecule has 3 nitrogen and oxygen atoms in total. The average molecular weight is 312 g/mol. The second kappa shape index (κ2) is 4.64. The number of nitrogens with zero attached hydrogens (tertiary/aromatic N) is 2. The fourth-order valence-corrected chi connectivity index (χ4v) is 3.87. The van der Waals surface area contributed by atoms with Crippen molar-refractivity contribution in [1.29, 1.82) is 0 Å². The van der Waals surface area contributed by atoms with E-state index in [0.29, 0.717) is 0 Å². The molecule has 0 spiro atoms. The average Bonchev–Trinajstić information content (AvgIpc) is 2.86. The number of hydrogen-bond donors (Lipinski definition) is 0. The van der Waals surface area contributed by atoms with Crippen LogP contribution in [0.2, 0.25) is 0 Å². The molecule has 0 unspecified atom stereocenters. The van der Waals surface area contributed by atoms with Crippen molar-refractivity contribution >= 4 is 50.8 Å². The van der Waals surface area contributed by atoms with Crippen LogP contribution in [0.4, 0.5) is 0 Å². The number of aromatic nitrogens is 2. The highest BCUT2D eigenvalue weighted by Gasteiger charge is 2.16. The summed E-state index contributed by atoms with van der Waals surface area (Å²) in [7, 11) is 0. The SMILES string of the molecule is CSc1ccc2c3ccnc4c(SC)cc(=O)n(c2c1)c43. The topological polar surface area (TPSA) is 34.4 Å². The van der Waals surface area contributed by atoms with E-state index in [1.165, 1.54) is 0 Å². The smallest absolute Gasteiger partial charge is 0.256 e. The first-order valence-corrected chi connectivity index (χ1v) is 8.97.